The molecule has 0 aliphatic carbocycles. The van der Waals surface area contributed by atoms with Gasteiger partial charge >= 0.3 is 5.69 Å². The van der Waals surface area contributed by atoms with Crippen molar-refractivity contribution < 1.29 is 9.66 Å². The zero-order valence-corrected chi connectivity index (χ0v) is 15.2. The van der Waals surface area contributed by atoms with Gasteiger partial charge in [-0.3, -0.25) is 15.1 Å². The van der Waals surface area contributed by atoms with Crippen molar-refractivity contribution in [1.82, 2.24) is 19.5 Å². The van der Waals surface area contributed by atoms with Gasteiger partial charge in [-0.15, -0.1) is 0 Å². The highest BCUT2D eigenvalue weighted by Gasteiger charge is 2.14. The van der Waals surface area contributed by atoms with Crippen LogP contribution in [-0.2, 0) is 13.0 Å². The normalized spacial score (nSPS) is 12.2. The lowest BCUT2D eigenvalue weighted by Crippen LogP contribution is -2.15. The van der Waals surface area contributed by atoms with Crippen molar-refractivity contribution in [3.05, 3.63) is 56.8 Å². The third kappa shape index (κ3) is 4.30. The Morgan fingerprint density at radius 1 is 1.33 bits per heavy atom. The summed E-state index contributed by atoms with van der Waals surface area (Å²) < 4.78 is 7.58. The first kappa shape index (κ1) is 18.6. The Balaban J connectivity index is 1.73. The Hall–Kier alpha value is -3.23. The number of nitrogens with one attached hydrogen (secondary N) is 1. The van der Waals surface area contributed by atoms with Gasteiger partial charge in [0.15, 0.2) is 5.52 Å². The number of fused-ring (bicyclic) bond motifs is 1. The molecule has 0 amide bonds. The number of imidazole rings is 1. The first-order valence-electron chi connectivity index (χ1n) is 8.79. The van der Waals surface area contributed by atoms with E-state index in [0.717, 1.165) is 18.5 Å². The molecule has 9 heteroatoms. The molecule has 0 saturated carbocycles. The molecule has 0 spiro atoms. The lowest BCUT2D eigenvalue weighted by molar-refractivity contribution is -0.384. The van der Waals surface area contributed by atoms with E-state index in [1.54, 1.807) is 18.5 Å². The molecule has 0 aliphatic heterocycles. The Morgan fingerprint density at radius 2 is 2.07 bits per heavy atom. The lowest BCUT2D eigenvalue weighted by atomic mass is 10.1. The maximum absolute atomic E-state index is 11.9. The van der Waals surface area contributed by atoms with Gasteiger partial charge in [0.2, 0.25) is 5.88 Å². The number of nitro benzene ring substituents is 1. The third-order valence-electron chi connectivity index (χ3n) is 4.45. The largest absolute Gasteiger partial charge is 0.476 e. The second-order valence-corrected chi connectivity index (χ2v) is 6.48. The molecular weight excluding hydrogens is 350 g/mol. The monoisotopic (exact) mass is 371 g/mol. The predicted octanol–water partition coefficient (Wildman–Crippen LogP) is 2.70. The van der Waals surface area contributed by atoms with Crippen molar-refractivity contribution in [3.63, 3.8) is 0 Å². The second kappa shape index (κ2) is 7.98. The van der Waals surface area contributed by atoms with E-state index in [1.165, 1.54) is 12.1 Å². The number of H-pyrrole nitrogens is 1. The van der Waals surface area contributed by atoms with Crippen LogP contribution in [0.5, 0.6) is 5.88 Å². The number of nitrogens with zero attached hydrogens (tertiary/aromatic N) is 4. The summed E-state index contributed by atoms with van der Waals surface area (Å²) in [7, 11) is 0. The van der Waals surface area contributed by atoms with Crippen molar-refractivity contribution >= 4 is 16.9 Å². The molecule has 3 rings (SSSR count). The number of benzene rings is 1. The number of hydrogen-bond acceptors (Lipinski definition) is 6. The van der Waals surface area contributed by atoms with Gasteiger partial charge in [0.1, 0.15) is 5.65 Å². The van der Waals surface area contributed by atoms with Gasteiger partial charge in [-0.1, -0.05) is 32.4 Å². The van der Waals surface area contributed by atoms with Crippen LogP contribution >= 0.6 is 0 Å². The Kier molecular flexibility index (Phi) is 5.49. The highest BCUT2D eigenvalue weighted by molar-refractivity contribution is 5.75. The van der Waals surface area contributed by atoms with E-state index in [9.17, 15) is 14.9 Å². The molecule has 142 valence electrons. The number of ether oxygens (including phenoxy) is 1. The van der Waals surface area contributed by atoms with Crippen LogP contribution in [0.3, 0.4) is 0 Å². The summed E-state index contributed by atoms with van der Waals surface area (Å²) in [6, 6.07) is 6.28. The van der Waals surface area contributed by atoms with Crippen molar-refractivity contribution in [2.45, 2.75) is 33.2 Å². The van der Waals surface area contributed by atoms with Crippen LogP contribution < -0.4 is 10.4 Å². The molecule has 0 aliphatic rings. The van der Waals surface area contributed by atoms with Crippen molar-refractivity contribution in [1.29, 1.82) is 0 Å². The van der Waals surface area contributed by atoms with E-state index >= 15 is 0 Å². The summed E-state index contributed by atoms with van der Waals surface area (Å²) in [5.41, 5.74) is 1.56. The fraction of sp³-hybridized carbons (Fsp3) is 0.389. The highest BCUT2D eigenvalue weighted by Crippen LogP contribution is 2.20. The molecule has 0 saturated heterocycles. The van der Waals surface area contributed by atoms with Gasteiger partial charge in [-0.2, -0.15) is 4.98 Å². The summed E-state index contributed by atoms with van der Waals surface area (Å²) in [6.45, 7) is 5.27. The van der Waals surface area contributed by atoms with E-state index in [1.807, 2.05) is 4.57 Å². The fourth-order valence-electron chi connectivity index (χ4n) is 2.70. The van der Waals surface area contributed by atoms with Gasteiger partial charge in [-0.25, -0.2) is 9.78 Å². The maximum Gasteiger partial charge on any atom is 0.349 e. The predicted molar refractivity (Wildman–Crippen MR) is 99.9 cm³/mol. The van der Waals surface area contributed by atoms with E-state index < -0.39 is 10.6 Å². The quantitative estimate of drug-likeness (QED) is 0.481. The van der Waals surface area contributed by atoms with Gasteiger partial charge in [-0.05, 0) is 11.5 Å². The Labute approximate surface area is 155 Å². The molecule has 0 radical (unpaired) electrons. The molecule has 3 aromatic rings. The average Bonchev–Trinajstić information content (AvgIpc) is 3.04. The van der Waals surface area contributed by atoms with Gasteiger partial charge < -0.3 is 9.30 Å². The minimum absolute atomic E-state index is 0.0458. The zero-order valence-electron chi connectivity index (χ0n) is 15.2. The van der Waals surface area contributed by atoms with E-state index in [4.69, 9.17) is 4.74 Å². The van der Waals surface area contributed by atoms with Crippen molar-refractivity contribution in [3.8, 4) is 5.88 Å². The van der Waals surface area contributed by atoms with Crippen LogP contribution in [0.25, 0.3) is 11.2 Å². The first-order valence-corrected chi connectivity index (χ1v) is 8.79. The van der Waals surface area contributed by atoms with Gasteiger partial charge in [0.05, 0.1) is 17.9 Å². The Bertz CT molecular complexity index is 993. The van der Waals surface area contributed by atoms with Crippen molar-refractivity contribution in [2.75, 3.05) is 6.61 Å². The molecule has 2 aromatic heterocycles. The van der Waals surface area contributed by atoms with Crippen LogP contribution in [0.15, 0.2) is 35.4 Å². The molecule has 1 aromatic carbocycles. The molecule has 2 heterocycles. The third-order valence-corrected chi connectivity index (χ3v) is 4.45. The first-order chi connectivity index (χ1) is 13.0. The van der Waals surface area contributed by atoms with Crippen LogP contribution in [0, 0.1) is 16.0 Å². The molecule has 0 bridgehead atoms. The van der Waals surface area contributed by atoms with Gasteiger partial charge in [0, 0.05) is 25.1 Å². The second-order valence-electron chi connectivity index (χ2n) is 6.48. The fourth-order valence-corrected chi connectivity index (χ4v) is 2.70. The zero-order chi connectivity index (χ0) is 19.4. The molecule has 1 N–H and O–H groups in total. The van der Waals surface area contributed by atoms with Crippen LogP contribution in [-0.4, -0.2) is 31.0 Å². The highest BCUT2D eigenvalue weighted by atomic mass is 16.6. The number of rotatable bonds is 8. The average molecular weight is 371 g/mol. The van der Waals surface area contributed by atoms with Crippen LogP contribution in [0.2, 0.25) is 0 Å². The van der Waals surface area contributed by atoms with E-state index in [0.29, 0.717) is 23.5 Å². The SMILES string of the molecule is CC[C@@H](C)Cn1cnc2c(OCCc3ccc([N+](=O)[O-])cc3)nc(=O)[nH]c21. The molecule has 1 atom stereocenters. The lowest BCUT2D eigenvalue weighted by Gasteiger charge is -2.10. The number of non-ortho nitro benzene ring substituents is 1. The number of hydrogen-bond donors (Lipinski definition) is 1. The summed E-state index contributed by atoms with van der Waals surface area (Å²) in [5, 5.41) is 10.7. The molecule has 9 nitrogen and oxygen atoms in total. The molecule has 0 unspecified atom stereocenters. The summed E-state index contributed by atoms with van der Waals surface area (Å²) in [5.74, 6) is 0.643. The summed E-state index contributed by atoms with van der Waals surface area (Å²) >= 11 is 0. The number of aromatic nitrogens is 4. The standard InChI is InChI=1S/C18H21N5O4/c1-3-12(2)10-22-11-19-15-16(22)20-18(24)21-17(15)27-9-8-13-4-6-14(7-5-13)23(25)26/h4-7,11-12H,3,8-10H2,1-2H3,(H,20,21,24)/t12-/m1/s1. The number of nitro groups is 1. The molecular formula is C18H21N5O4. The topological polar surface area (TPSA) is 116 Å². The minimum atomic E-state index is -0.487. The summed E-state index contributed by atoms with van der Waals surface area (Å²) in [4.78, 5) is 33.1. The van der Waals surface area contributed by atoms with Gasteiger partial charge in [0.25, 0.3) is 5.69 Å². The van der Waals surface area contributed by atoms with Crippen molar-refractivity contribution in [2.24, 2.45) is 5.92 Å². The number of aromatic amines is 1. The summed E-state index contributed by atoms with van der Waals surface area (Å²) in [6.07, 6.45) is 3.23. The molecule has 0 fully saturated rings. The molecule has 27 heavy (non-hydrogen) atoms. The van der Waals surface area contributed by atoms with E-state index in [2.05, 4.69) is 28.8 Å². The Morgan fingerprint density at radius 3 is 2.74 bits per heavy atom. The van der Waals surface area contributed by atoms with Crippen LogP contribution in [0.4, 0.5) is 5.69 Å². The minimum Gasteiger partial charge on any atom is -0.476 e. The maximum atomic E-state index is 11.9. The van der Waals surface area contributed by atoms with E-state index in [-0.39, 0.29) is 18.2 Å². The smallest absolute Gasteiger partial charge is 0.349 e. The van der Waals surface area contributed by atoms with Crippen LogP contribution in [0.1, 0.15) is 25.8 Å².